The summed E-state index contributed by atoms with van der Waals surface area (Å²) in [6.07, 6.45) is 0. The van der Waals surface area contributed by atoms with Crippen LogP contribution >= 0.6 is 0 Å². The van der Waals surface area contributed by atoms with E-state index < -0.39 is 39.5 Å². The van der Waals surface area contributed by atoms with Gasteiger partial charge < -0.3 is 14.7 Å². The lowest BCUT2D eigenvalue weighted by Crippen LogP contribution is -2.61. The molecule has 10 aromatic carbocycles. The lowest BCUT2D eigenvalue weighted by Gasteiger charge is -2.45. The Morgan fingerprint density at radius 1 is 0.386 bits per heavy atom. The van der Waals surface area contributed by atoms with Crippen LogP contribution in [0.4, 0.5) is 51.2 Å². The van der Waals surface area contributed by atoms with Crippen LogP contribution < -0.4 is 31.1 Å². The number of nitrogens with zero attached hydrogens (tertiary/aromatic N) is 3. The molecule has 0 spiro atoms. The molecular formula is C79H78BN3. The van der Waals surface area contributed by atoms with Crippen LogP contribution in [0.15, 0.2) is 200 Å². The summed E-state index contributed by atoms with van der Waals surface area (Å²) in [6.45, 7) is 13.4. The quantitative estimate of drug-likeness (QED) is 0.147. The third-order valence-corrected chi connectivity index (χ3v) is 17.8. The van der Waals surface area contributed by atoms with Gasteiger partial charge in [0.25, 0.3) is 6.71 Å². The normalized spacial score (nSPS) is 16.7. The summed E-state index contributed by atoms with van der Waals surface area (Å²) < 4.78 is 105. The smallest absolute Gasteiger partial charge is 0.252 e. The SMILES string of the molecule is [2H]C([2H])([2H])c1cccc(C([2H])([2H])[2H])c1-c1ccc(N2c3ccc(-c4c(C([2H])([2H])[2H])cccc4C([2H])([2H])[2H])cc3B3c4ccc(N(c5ccc(C(C)(C)C)cc5)c5ccc(C(C)(C)C)cc5)cc4N(c4ccc5c(c4)C(C)(C)c4ccccc4-5)c4cc(C(C)(C)C)cc2c43)cc1. The second-order valence-corrected chi connectivity index (χ2v) is 26.6. The number of hydrogen-bond donors (Lipinski definition) is 0. The molecule has 412 valence electrons. The molecule has 0 fully saturated rings. The molecule has 0 atom stereocenters. The zero-order valence-corrected chi connectivity index (χ0v) is 49.5. The van der Waals surface area contributed by atoms with Gasteiger partial charge in [-0.25, -0.2) is 0 Å². The second kappa shape index (κ2) is 19.4. The Balaban J connectivity index is 1.14. The minimum atomic E-state index is -2.69. The minimum Gasteiger partial charge on any atom is -0.311 e. The van der Waals surface area contributed by atoms with Crippen molar-refractivity contribution >= 4 is 74.3 Å². The summed E-state index contributed by atoms with van der Waals surface area (Å²) in [7, 11) is 0. The molecule has 4 heteroatoms. The molecule has 1 aliphatic carbocycles. The van der Waals surface area contributed by atoms with Crippen LogP contribution in [-0.4, -0.2) is 6.71 Å². The summed E-state index contributed by atoms with van der Waals surface area (Å²) in [5.74, 6) is 0. The third-order valence-electron chi connectivity index (χ3n) is 17.8. The van der Waals surface area contributed by atoms with Crippen molar-refractivity contribution in [3.63, 3.8) is 0 Å². The zero-order chi connectivity index (χ0) is 68.2. The topological polar surface area (TPSA) is 9.72 Å². The van der Waals surface area contributed by atoms with Gasteiger partial charge in [-0.05, 0) is 222 Å². The van der Waals surface area contributed by atoms with E-state index in [2.05, 4.69) is 212 Å². The number of aryl methyl sites for hydroxylation is 4. The Morgan fingerprint density at radius 2 is 0.880 bits per heavy atom. The standard InChI is InChI=1S/C79H78BN3/c1-49-20-18-21-50(2)73(49)53-26-33-60(34-27-53)82-69-43-28-54(74-51(3)22-19-23-52(74)4)44-68(69)80-67-42-40-62(81(58-35-29-55(30-36-58)76(5,6)7)59-37-31-56(32-38-59)77(8,9)10)48-70(67)83(72-46-57(78(11,12)13)45-71(82)75(72)80)61-39-41-64-63-24-16-17-25-65(63)79(14,15)66(64)47-61/h16-48H,1-15H3/i1D3,2D3,3D3,4D3. The molecule has 0 amide bonds. The highest BCUT2D eigenvalue weighted by atomic mass is 15.2. The lowest BCUT2D eigenvalue weighted by molar-refractivity contribution is 0.590. The zero-order valence-electron chi connectivity index (χ0n) is 61.5. The second-order valence-electron chi connectivity index (χ2n) is 26.6. The van der Waals surface area contributed by atoms with Crippen molar-refractivity contribution in [2.45, 2.75) is 125 Å². The molecular weight excluding hydrogens is 1000 g/mol. The molecule has 0 aromatic heterocycles. The van der Waals surface area contributed by atoms with E-state index >= 15 is 0 Å². The molecule has 0 bridgehead atoms. The highest BCUT2D eigenvalue weighted by Gasteiger charge is 2.45. The minimum absolute atomic E-state index is 0.0704. The fourth-order valence-electron chi connectivity index (χ4n) is 13.3. The first-order valence-corrected chi connectivity index (χ1v) is 29.0. The van der Waals surface area contributed by atoms with Crippen molar-refractivity contribution in [3.05, 3.63) is 250 Å². The number of anilines is 9. The van der Waals surface area contributed by atoms with Gasteiger partial charge in [0.05, 0.1) is 0 Å². The summed E-state index contributed by atoms with van der Waals surface area (Å²) >= 11 is 0. The van der Waals surface area contributed by atoms with Crippen molar-refractivity contribution in [2.24, 2.45) is 0 Å². The first-order chi connectivity index (χ1) is 44.3. The van der Waals surface area contributed by atoms with Crippen molar-refractivity contribution < 1.29 is 16.4 Å². The van der Waals surface area contributed by atoms with Crippen LogP contribution in [0.5, 0.6) is 0 Å². The third kappa shape index (κ3) is 8.94. The van der Waals surface area contributed by atoms with Gasteiger partial charge in [-0.1, -0.05) is 197 Å². The highest BCUT2D eigenvalue weighted by Crippen LogP contribution is 2.53. The van der Waals surface area contributed by atoms with Gasteiger partial charge in [0.2, 0.25) is 0 Å². The molecule has 3 nitrogen and oxygen atoms in total. The molecule has 3 aliphatic rings. The predicted molar refractivity (Wildman–Crippen MR) is 359 cm³/mol. The van der Waals surface area contributed by atoms with E-state index in [-0.39, 0.29) is 49.6 Å². The van der Waals surface area contributed by atoms with E-state index in [0.717, 1.165) is 67.5 Å². The number of benzene rings is 10. The average molecular weight is 1090 g/mol. The summed E-state index contributed by atoms with van der Waals surface area (Å²) in [6, 6.07) is 66.6. The van der Waals surface area contributed by atoms with Crippen LogP contribution in [0.3, 0.4) is 0 Å². The first-order valence-electron chi connectivity index (χ1n) is 35.0. The van der Waals surface area contributed by atoms with Gasteiger partial charge in [0.1, 0.15) is 0 Å². The predicted octanol–water partition coefficient (Wildman–Crippen LogP) is 20.0. The van der Waals surface area contributed by atoms with E-state index in [1.54, 1.807) is 12.1 Å². The molecule has 0 saturated heterocycles. The Kier molecular flexibility index (Phi) is 9.72. The summed E-state index contributed by atoms with van der Waals surface area (Å²) in [4.78, 5) is 6.93. The van der Waals surface area contributed by atoms with Gasteiger partial charge in [-0.15, -0.1) is 0 Å². The molecule has 83 heavy (non-hydrogen) atoms. The van der Waals surface area contributed by atoms with Crippen molar-refractivity contribution in [2.75, 3.05) is 14.7 Å². The maximum atomic E-state index is 8.88. The molecule has 0 unspecified atom stereocenters. The lowest BCUT2D eigenvalue weighted by atomic mass is 9.33. The Morgan fingerprint density at radius 3 is 1.43 bits per heavy atom. The maximum absolute atomic E-state index is 8.88. The van der Waals surface area contributed by atoms with E-state index in [4.69, 9.17) is 16.4 Å². The molecule has 2 heterocycles. The van der Waals surface area contributed by atoms with E-state index in [0.29, 0.717) is 16.8 Å². The molecule has 0 radical (unpaired) electrons. The monoisotopic (exact) mass is 1090 g/mol. The molecule has 10 aromatic rings. The molecule has 13 rings (SSSR count). The largest absolute Gasteiger partial charge is 0.311 e. The fraction of sp³-hybridized carbons (Fsp3) is 0.241. The van der Waals surface area contributed by atoms with Crippen LogP contribution in [-0.2, 0) is 21.7 Å². The van der Waals surface area contributed by atoms with Crippen molar-refractivity contribution in [1.82, 2.24) is 0 Å². The van der Waals surface area contributed by atoms with Gasteiger partial charge in [-0.3, -0.25) is 0 Å². The van der Waals surface area contributed by atoms with Crippen molar-refractivity contribution in [3.8, 4) is 33.4 Å². The van der Waals surface area contributed by atoms with Crippen LogP contribution in [0.25, 0.3) is 33.4 Å². The molecule has 0 saturated carbocycles. The van der Waals surface area contributed by atoms with Gasteiger partial charge >= 0.3 is 0 Å². The average Bonchev–Trinajstić information content (AvgIpc) is 0.701. The van der Waals surface area contributed by atoms with E-state index in [9.17, 15) is 0 Å². The Labute approximate surface area is 512 Å². The Hall–Kier alpha value is -8.34. The number of hydrogen-bond acceptors (Lipinski definition) is 3. The van der Waals surface area contributed by atoms with Gasteiger partial charge in [0, 0.05) is 73.1 Å². The summed E-state index contributed by atoms with van der Waals surface area (Å²) in [5, 5.41) is 0. The maximum Gasteiger partial charge on any atom is 0.252 e. The fourth-order valence-corrected chi connectivity index (χ4v) is 13.3. The number of rotatable bonds is 7. The van der Waals surface area contributed by atoms with E-state index in [1.807, 2.05) is 30.3 Å². The first kappa shape index (κ1) is 41.6. The molecule has 0 N–H and O–H groups in total. The van der Waals surface area contributed by atoms with Gasteiger partial charge in [-0.2, -0.15) is 0 Å². The van der Waals surface area contributed by atoms with Crippen LogP contribution in [0.1, 0.15) is 143 Å². The van der Waals surface area contributed by atoms with Crippen molar-refractivity contribution in [1.29, 1.82) is 0 Å². The van der Waals surface area contributed by atoms with Crippen LogP contribution in [0.2, 0.25) is 0 Å². The Bertz CT molecular complexity index is 4570. The van der Waals surface area contributed by atoms with Crippen LogP contribution in [0, 0.1) is 27.4 Å². The van der Waals surface area contributed by atoms with Gasteiger partial charge in [0.15, 0.2) is 0 Å². The summed E-state index contributed by atoms with van der Waals surface area (Å²) in [5.41, 5.74) is 18.6. The molecule has 2 aliphatic heterocycles. The number of fused-ring (bicyclic) bond motifs is 7. The highest BCUT2D eigenvalue weighted by molar-refractivity contribution is 7.00. The van der Waals surface area contributed by atoms with E-state index in [1.165, 1.54) is 69.8 Å².